The van der Waals surface area contributed by atoms with E-state index in [1.807, 2.05) is 0 Å². The van der Waals surface area contributed by atoms with Gasteiger partial charge in [0.15, 0.2) is 5.45 Å². The van der Waals surface area contributed by atoms with Crippen LogP contribution in [0.1, 0.15) is 0 Å². The molecule has 0 aliphatic carbocycles. The van der Waals surface area contributed by atoms with Crippen LogP contribution in [0.2, 0.25) is 0 Å². The summed E-state index contributed by atoms with van der Waals surface area (Å²) in [6, 6.07) is 0. The van der Waals surface area contributed by atoms with Gasteiger partial charge in [0, 0.05) is 0 Å². The molecule has 0 saturated heterocycles. The highest BCUT2D eigenvalue weighted by Gasteiger charge is 2.20. The first-order valence-electron chi connectivity index (χ1n) is 2.56. The van der Waals surface area contributed by atoms with Gasteiger partial charge < -0.3 is 9.79 Å². The molecule has 0 aromatic rings. The van der Waals surface area contributed by atoms with Gasteiger partial charge in [0.1, 0.15) is 0 Å². The van der Waals surface area contributed by atoms with Crippen molar-refractivity contribution in [2.24, 2.45) is 9.98 Å². The fourth-order valence-corrected chi connectivity index (χ4v) is 0.749. The summed E-state index contributed by atoms with van der Waals surface area (Å²) in [4.78, 5) is 42.0. The lowest BCUT2D eigenvalue weighted by atomic mass is 10.8. The Bertz CT molecular complexity index is 277. The lowest BCUT2D eigenvalue weighted by Gasteiger charge is -1.98. The SMILES string of the molecule is O=CN=CC(=NC=O)P(=O)(O)O. The number of aliphatic imine (C=N–C) groups is 2. The van der Waals surface area contributed by atoms with Crippen molar-refractivity contribution in [3.8, 4) is 0 Å². The first-order chi connectivity index (χ1) is 5.52. The summed E-state index contributed by atoms with van der Waals surface area (Å²) in [6.45, 7) is 0. The van der Waals surface area contributed by atoms with E-state index in [-0.39, 0.29) is 12.8 Å². The minimum Gasteiger partial charge on any atom is -0.320 e. The molecule has 0 radical (unpaired) electrons. The molecule has 0 aromatic carbocycles. The third-order valence-corrected chi connectivity index (χ3v) is 1.56. The Morgan fingerprint density at radius 1 is 1.25 bits per heavy atom. The molecule has 0 rings (SSSR count). The van der Waals surface area contributed by atoms with Crippen LogP contribution < -0.4 is 0 Å². The minimum absolute atomic E-state index is 0.0504. The Morgan fingerprint density at radius 3 is 2.17 bits per heavy atom. The maximum absolute atomic E-state index is 10.4. The highest BCUT2D eigenvalue weighted by molar-refractivity contribution is 7.73. The molecule has 0 saturated carbocycles. The summed E-state index contributed by atoms with van der Waals surface area (Å²) >= 11 is 0. The smallest absolute Gasteiger partial charge is 0.320 e. The number of hydrogen-bond donors (Lipinski definition) is 2. The average Bonchev–Trinajstić information content (AvgIpc) is 1.95. The second-order valence-corrected chi connectivity index (χ2v) is 3.07. The van der Waals surface area contributed by atoms with Gasteiger partial charge in [-0.15, -0.1) is 0 Å². The molecule has 0 unspecified atom stereocenters. The highest BCUT2D eigenvalue weighted by atomic mass is 31.2. The molecular weight excluding hydrogens is 187 g/mol. The third kappa shape index (κ3) is 3.87. The van der Waals surface area contributed by atoms with Crippen LogP contribution in [0, 0.1) is 0 Å². The second-order valence-electron chi connectivity index (χ2n) is 1.52. The standard InChI is InChI=1S/C4H5N2O5P/c7-2-5-1-4(6-3-8)12(9,10)11/h1-3H,(H2,9,10,11). The molecule has 0 aliphatic heterocycles. The van der Waals surface area contributed by atoms with Gasteiger partial charge in [-0.2, -0.15) is 0 Å². The van der Waals surface area contributed by atoms with Gasteiger partial charge in [0.05, 0.1) is 6.21 Å². The van der Waals surface area contributed by atoms with Crippen LogP contribution in [-0.4, -0.2) is 34.3 Å². The molecule has 0 spiro atoms. The van der Waals surface area contributed by atoms with E-state index in [0.29, 0.717) is 6.21 Å². The topological polar surface area (TPSA) is 116 Å². The minimum atomic E-state index is -4.61. The number of nitrogens with zero attached hydrogens (tertiary/aromatic N) is 2. The van der Waals surface area contributed by atoms with Crippen LogP contribution in [0.4, 0.5) is 0 Å². The van der Waals surface area contributed by atoms with Gasteiger partial charge in [-0.25, -0.2) is 9.98 Å². The molecule has 0 bridgehead atoms. The summed E-state index contributed by atoms with van der Waals surface area (Å²) in [5.41, 5.74) is -0.843. The molecule has 66 valence electrons. The van der Waals surface area contributed by atoms with E-state index in [1.54, 1.807) is 0 Å². The van der Waals surface area contributed by atoms with Crippen molar-refractivity contribution < 1.29 is 23.9 Å². The largest absolute Gasteiger partial charge is 0.376 e. The van der Waals surface area contributed by atoms with E-state index in [9.17, 15) is 14.2 Å². The number of hydrogen-bond acceptors (Lipinski definition) is 3. The van der Waals surface area contributed by atoms with Crippen LogP contribution >= 0.6 is 7.60 Å². The fraction of sp³-hybridized carbons (Fsp3) is 0. The maximum atomic E-state index is 10.4. The average molecular weight is 192 g/mol. The summed E-state index contributed by atoms with van der Waals surface area (Å²) in [5, 5.41) is 0. The molecule has 0 aliphatic rings. The Kier molecular flexibility index (Phi) is 4.20. The number of carbonyl (C=O) groups excluding carboxylic acids is 2. The van der Waals surface area contributed by atoms with E-state index < -0.39 is 13.0 Å². The number of rotatable bonds is 4. The third-order valence-electron chi connectivity index (χ3n) is 0.734. The predicted molar refractivity (Wildman–Crippen MR) is 40.1 cm³/mol. The van der Waals surface area contributed by atoms with Gasteiger partial charge in [0.25, 0.3) is 0 Å². The van der Waals surface area contributed by atoms with Gasteiger partial charge in [0.2, 0.25) is 12.8 Å². The van der Waals surface area contributed by atoms with E-state index in [0.717, 1.165) is 0 Å². The monoisotopic (exact) mass is 192 g/mol. The molecule has 8 heteroatoms. The van der Waals surface area contributed by atoms with Crippen LogP contribution in [-0.2, 0) is 14.2 Å². The first kappa shape index (κ1) is 10.8. The quantitative estimate of drug-likeness (QED) is 0.334. The van der Waals surface area contributed by atoms with Crippen LogP contribution in [0.5, 0.6) is 0 Å². The molecule has 12 heavy (non-hydrogen) atoms. The van der Waals surface area contributed by atoms with Crippen LogP contribution in [0.15, 0.2) is 9.98 Å². The van der Waals surface area contributed by atoms with Crippen molar-refractivity contribution in [2.45, 2.75) is 0 Å². The van der Waals surface area contributed by atoms with Crippen molar-refractivity contribution in [2.75, 3.05) is 0 Å². The van der Waals surface area contributed by atoms with E-state index >= 15 is 0 Å². The zero-order valence-electron chi connectivity index (χ0n) is 5.69. The molecule has 2 N–H and O–H groups in total. The van der Waals surface area contributed by atoms with E-state index in [1.165, 1.54) is 0 Å². The molecule has 0 aromatic heterocycles. The van der Waals surface area contributed by atoms with Crippen LogP contribution in [0.25, 0.3) is 0 Å². The summed E-state index contributed by atoms with van der Waals surface area (Å²) in [6.07, 6.45) is 0.545. The van der Waals surface area contributed by atoms with Crippen molar-refractivity contribution in [1.82, 2.24) is 0 Å². The normalized spacial score (nSPS) is 13.3. The highest BCUT2D eigenvalue weighted by Crippen LogP contribution is 2.35. The molecule has 2 amide bonds. The second kappa shape index (κ2) is 4.66. The zero-order chi connectivity index (χ0) is 9.61. The molecular formula is C4H5N2O5P. The van der Waals surface area contributed by atoms with Gasteiger partial charge in [-0.1, -0.05) is 0 Å². The number of carbonyl (C=O) groups is 2. The van der Waals surface area contributed by atoms with Crippen molar-refractivity contribution in [3.63, 3.8) is 0 Å². The number of amides is 2. The van der Waals surface area contributed by atoms with Crippen molar-refractivity contribution in [3.05, 3.63) is 0 Å². The lowest BCUT2D eigenvalue weighted by molar-refractivity contribution is -0.107. The lowest BCUT2D eigenvalue weighted by Crippen LogP contribution is -2.01. The van der Waals surface area contributed by atoms with E-state index in [2.05, 4.69) is 9.98 Å². The first-order valence-corrected chi connectivity index (χ1v) is 4.18. The summed E-state index contributed by atoms with van der Waals surface area (Å²) in [5.74, 6) is 0. The van der Waals surface area contributed by atoms with Gasteiger partial charge in [-0.05, 0) is 0 Å². The van der Waals surface area contributed by atoms with E-state index in [4.69, 9.17) is 9.79 Å². The Balaban J connectivity index is 4.81. The Morgan fingerprint density at radius 2 is 1.83 bits per heavy atom. The zero-order valence-corrected chi connectivity index (χ0v) is 6.59. The van der Waals surface area contributed by atoms with Gasteiger partial charge in [-0.3, -0.25) is 14.2 Å². The summed E-state index contributed by atoms with van der Waals surface area (Å²) < 4.78 is 10.4. The maximum Gasteiger partial charge on any atom is 0.376 e. The Labute approximate surface area is 67.0 Å². The fourth-order valence-electron chi connectivity index (χ4n) is 0.335. The molecule has 7 nitrogen and oxygen atoms in total. The van der Waals surface area contributed by atoms with Crippen molar-refractivity contribution in [1.29, 1.82) is 0 Å². The summed E-state index contributed by atoms with van der Waals surface area (Å²) in [7, 11) is -4.61. The van der Waals surface area contributed by atoms with Crippen LogP contribution in [0.3, 0.4) is 0 Å². The van der Waals surface area contributed by atoms with Gasteiger partial charge >= 0.3 is 7.60 Å². The molecule has 0 heterocycles. The molecule has 0 fully saturated rings. The molecule has 0 atom stereocenters. The predicted octanol–water partition coefficient (Wildman–Crippen LogP) is -1.05. The van der Waals surface area contributed by atoms with Crippen molar-refractivity contribution >= 4 is 32.1 Å². The Hall–Kier alpha value is -1.17.